The molecule has 1 fully saturated rings. The predicted molar refractivity (Wildman–Crippen MR) is 145 cm³/mol. The number of para-hydroxylation sites is 3. The van der Waals surface area contributed by atoms with Gasteiger partial charge in [-0.2, -0.15) is 0 Å². The first-order valence-electron chi connectivity index (χ1n) is 13.0. The molecule has 2 aromatic carbocycles. The van der Waals surface area contributed by atoms with Gasteiger partial charge < -0.3 is 14.4 Å². The maximum absolute atomic E-state index is 13.4. The van der Waals surface area contributed by atoms with E-state index in [0.29, 0.717) is 56.4 Å². The van der Waals surface area contributed by atoms with E-state index < -0.39 is 0 Å². The Morgan fingerprint density at radius 2 is 1.59 bits per heavy atom. The molecule has 0 amide bonds. The lowest BCUT2D eigenvalue weighted by molar-refractivity contribution is -0.143. The Kier molecular flexibility index (Phi) is 9.00. The van der Waals surface area contributed by atoms with Gasteiger partial charge in [0.25, 0.3) is 5.56 Å². The van der Waals surface area contributed by atoms with E-state index in [1.807, 2.05) is 36.4 Å². The summed E-state index contributed by atoms with van der Waals surface area (Å²) in [4.78, 5) is 42.9. The van der Waals surface area contributed by atoms with Crippen molar-refractivity contribution in [2.45, 2.75) is 39.3 Å². The number of carbonyl (C=O) groups excluding carboxylic acids is 1. The Labute approximate surface area is 216 Å². The zero-order valence-electron chi connectivity index (χ0n) is 21.7. The van der Waals surface area contributed by atoms with Crippen LogP contribution in [0.3, 0.4) is 0 Å². The number of rotatable bonds is 11. The number of hydrogen-bond donors (Lipinski definition) is 0. The van der Waals surface area contributed by atoms with Crippen LogP contribution in [0.5, 0.6) is 5.75 Å². The molecule has 1 saturated heterocycles. The summed E-state index contributed by atoms with van der Waals surface area (Å²) in [5.74, 6) is 0.636. The third-order valence-electron chi connectivity index (χ3n) is 6.89. The van der Waals surface area contributed by atoms with Crippen LogP contribution in [0.15, 0.2) is 58.1 Å². The largest absolute Gasteiger partial charge is 0.495 e. The van der Waals surface area contributed by atoms with E-state index >= 15 is 0 Å². The summed E-state index contributed by atoms with van der Waals surface area (Å²) in [5.41, 5.74) is 1.17. The maximum Gasteiger partial charge on any atom is 0.331 e. The van der Waals surface area contributed by atoms with Crippen molar-refractivity contribution in [2.75, 3.05) is 51.3 Å². The molecule has 0 saturated carbocycles. The van der Waals surface area contributed by atoms with E-state index in [2.05, 4.69) is 15.9 Å². The number of methoxy groups -OCH3 is 1. The van der Waals surface area contributed by atoms with Gasteiger partial charge in [-0.1, -0.05) is 24.3 Å². The number of piperazine rings is 1. The molecule has 0 atom stereocenters. The zero-order valence-corrected chi connectivity index (χ0v) is 21.7. The molecule has 0 aliphatic carbocycles. The first kappa shape index (κ1) is 26.5. The molecule has 37 heavy (non-hydrogen) atoms. The van der Waals surface area contributed by atoms with E-state index in [0.717, 1.165) is 37.6 Å². The minimum atomic E-state index is -0.299. The number of aryl methyl sites for hydroxylation is 1. The molecular weight excluding hydrogens is 472 g/mol. The van der Waals surface area contributed by atoms with Crippen molar-refractivity contribution >= 4 is 22.6 Å². The maximum atomic E-state index is 13.4. The van der Waals surface area contributed by atoms with E-state index in [4.69, 9.17) is 9.47 Å². The molecule has 0 unspecified atom stereocenters. The summed E-state index contributed by atoms with van der Waals surface area (Å²) in [7, 11) is 1.68. The van der Waals surface area contributed by atoms with Gasteiger partial charge in [0.2, 0.25) is 0 Å². The second kappa shape index (κ2) is 12.6. The molecule has 1 aromatic heterocycles. The minimum Gasteiger partial charge on any atom is -0.495 e. The molecule has 4 rings (SSSR count). The number of fused-ring (bicyclic) bond motifs is 1. The second-order valence-corrected chi connectivity index (χ2v) is 9.17. The van der Waals surface area contributed by atoms with Crippen LogP contribution in [0.25, 0.3) is 10.9 Å². The summed E-state index contributed by atoms with van der Waals surface area (Å²) in [6, 6.07) is 15.3. The number of hydrogen-bond acceptors (Lipinski definition) is 7. The molecule has 198 valence electrons. The number of ether oxygens (including phenoxy) is 2. The molecule has 9 nitrogen and oxygen atoms in total. The van der Waals surface area contributed by atoms with Crippen LogP contribution in [0, 0.1) is 0 Å². The molecule has 0 radical (unpaired) electrons. The van der Waals surface area contributed by atoms with E-state index in [1.165, 1.54) is 4.57 Å². The number of nitrogens with zero attached hydrogens (tertiary/aromatic N) is 4. The second-order valence-electron chi connectivity index (χ2n) is 9.17. The Hall–Kier alpha value is -3.59. The molecule has 1 aliphatic heterocycles. The fourth-order valence-electron chi connectivity index (χ4n) is 4.90. The van der Waals surface area contributed by atoms with Crippen molar-refractivity contribution < 1.29 is 14.3 Å². The number of benzene rings is 2. The van der Waals surface area contributed by atoms with E-state index in [-0.39, 0.29) is 17.2 Å². The van der Waals surface area contributed by atoms with Gasteiger partial charge in [-0.3, -0.25) is 23.6 Å². The van der Waals surface area contributed by atoms with Gasteiger partial charge in [0, 0.05) is 52.2 Å². The standard InChI is InChI=1S/C28H36N4O5/c1-3-37-26(33)14-8-9-15-31-23-11-5-4-10-22(23)27(34)32(28(31)35)21-18-29-16-19-30(20-17-29)24-12-6-7-13-25(24)36-2/h4-7,10-13H,3,8-9,14-21H2,1-2H3. The highest BCUT2D eigenvalue weighted by Crippen LogP contribution is 2.28. The molecular formula is C28H36N4O5. The van der Waals surface area contributed by atoms with Crippen molar-refractivity contribution in [3.8, 4) is 5.75 Å². The molecule has 1 aliphatic rings. The molecule has 0 bridgehead atoms. The summed E-state index contributed by atoms with van der Waals surface area (Å²) in [6.07, 6.45) is 1.59. The van der Waals surface area contributed by atoms with Crippen molar-refractivity contribution in [1.29, 1.82) is 0 Å². The lowest BCUT2D eigenvalue weighted by Crippen LogP contribution is -2.49. The van der Waals surface area contributed by atoms with Crippen molar-refractivity contribution in [1.82, 2.24) is 14.0 Å². The van der Waals surface area contributed by atoms with Crippen molar-refractivity contribution in [3.05, 3.63) is 69.4 Å². The highest BCUT2D eigenvalue weighted by molar-refractivity contribution is 5.77. The fourth-order valence-corrected chi connectivity index (χ4v) is 4.90. The van der Waals surface area contributed by atoms with Crippen LogP contribution in [0.4, 0.5) is 5.69 Å². The van der Waals surface area contributed by atoms with Gasteiger partial charge in [0.15, 0.2) is 0 Å². The normalized spacial score (nSPS) is 14.2. The molecule has 0 N–H and O–H groups in total. The minimum absolute atomic E-state index is 0.226. The number of aromatic nitrogens is 2. The summed E-state index contributed by atoms with van der Waals surface area (Å²) < 4.78 is 13.5. The fraction of sp³-hybridized carbons (Fsp3) is 0.464. The monoisotopic (exact) mass is 508 g/mol. The van der Waals surface area contributed by atoms with Crippen molar-refractivity contribution in [3.63, 3.8) is 0 Å². The van der Waals surface area contributed by atoms with Gasteiger partial charge in [0.05, 0.1) is 30.3 Å². The summed E-state index contributed by atoms with van der Waals surface area (Å²) in [5, 5.41) is 0.536. The SMILES string of the molecule is CCOC(=O)CCCCn1c(=O)n(CCN2CCN(c3ccccc3OC)CC2)c(=O)c2ccccc21. The van der Waals surface area contributed by atoms with Gasteiger partial charge in [0.1, 0.15) is 5.75 Å². The quantitative estimate of drug-likeness (QED) is 0.291. The lowest BCUT2D eigenvalue weighted by Gasteiger charge is -2.36. The summed E-state index contributed by atoms with van der Waals surface area (Å²) in [6.45, 7) is 6.91. The van der Waals surface area contributed by atoms with Crippen molar-refractivity contribution in [2.24, 2.45) is 0 Å². The van der Waals surface area contributed by atoms with Crippen LogP contribution >= 0.6 is 0 Å². The highest BCUT2D eigenvalue weighted by Gasteiger charge is 2.20. The Morgan fingerprint density at radius 3 is 2.35 bits per heavy atom. The third-order valence-corrected chi connectivity index (χ3v) is 6.89. The topological polar surface area (TPSA) is 86.0 Å². The average Bonchev–Trinajstić information content (AvgIpc) is 2.93. The van der Waals surface area contributed by atoms with E-state index in [9.17, 15) is 14.4 Å². The third kappa shape index (κ3) is 6.22. The van der Waals surface area contributed by atoms with Crippen LogP contribution < -0.4 is 20.9 Å². The molecule has 2 heterocycles. The Bertz CT molecular complexity index is 1320. The highest BCUT2D eigenvalue weighted by atomic mass is 16.5. The van der Waals surface area contributed by atoms with Crippen LogP contribution in [-0.4, -0.2) is 66.4 Å². The van der Waals surface area contributed by atoms with Crippen LogP contribution in [0.1, 0.15) is 26.2 Å². The Morgan fingerprint density at radius 1 is 0.865 bits per heavy atom. The number of unbranched alkanes of at least 4 members (excludes halogenated alkanes) is 1. The average molecular weight is 509 g/mol. The smallest absolute Gasteiger partial charge is 0.331 e. The van der Waals surface area contributed by atoms with Gasteiger partial charge in [-0.25, -0.2) is 4.79 Å². The number of esters is 1. The lowest BCUT2D eigenvalue weighted by atomic mass is 10.2. The molecule has 9 heteroatoms. The molecule has 0 spiro atoms. The first-order chi connectivity index (χ1) is 18.0. The predicted octanol–water partition coefficient (Wildman–Crippen LogP) is 2.73. The van der Waals surface area contributed by atoms with Gasteiger partial charge >= 0.3 is 11.7 Å². The van der Waals surface area contributed by atoms with Crippen LogP contribution in [-0.2, 0) is 22.6 Å². The Balaban J connectivity index is 1.43. The van der Waals surface area contributed by atoms with Gasteiger partial charge in [-0.05, 0) is 44.0 Å². The number of carbonyl (C=O) groups is 1. The zero-order chi connectivity index (χ0) is 26.2. The van der Waals surface area contributed by atoms with Gasteiger partial charge in [-0.15, -0.1) is 0 Å². The van der Waals surface area contributed by atoms with E-state index in [1.54, 1.807) is 24.7 Å². The summed E-state index contributed by atoms with van der Waals surface area (Å²) >= 11 is 0. The molecule has 3 aromatic rings. The first-order valence-corrected chi connectivity index (χ1v) is 13.0. The van der Waals surface area contributed by atoms with Crippen LogP contribution in [0.2, 0.25) is 0 Å². The number of anilines is 1.